The van der Waals surface area contributed by atoms with E-state index in [-0.39, 0.29) is 11.9 Å². The molecule has 1 aliphatic carbocycles. The first-order valence-corrected chi connectivity index (χ1v) is 7.39. The molecular weight excluding hydrogens is 246 g/mol. The molecule has 1 saturated carbocycles. The molecule has 1 aliphatic rings. The number of anilines is 1. The largest absolute Gasteiger partial charge is 0.397 e. The molecule has 2 unspecified atom stereocenters. The Hall–Kier alpha value is -1.23. The zero-order chi connectivity index (χ0) is 13.0. The highest BCUT2D eigenvalue weighted by Crippen LogP contribution is 2.29. The van der Waals surface area contributed by atoms with Crippen LogP contribution >= 0.6 is 11.8 Å². The number of nitrogens with one attached hydrogen (secondary N) is 1. The van der Waals surface area contributed by atoms with Crippen molar-refractivity contribution in [1.29, 1.82) is 0 Å². The lowest BCUT2D eigenvalue weighted by Crippen LogP contribution is -2.39. The van der Waals surface area contributed by atoms with E-state index in [0.717, 1.165) is 12.2 Å². The quantitative estimate of drug-likeness (QED) is 0.874. The molecule has 0 aromatic carbocycles. The first-order chi connectivity index (χ1) is 8.70. The Balaban J connectivity index is 1.96. The number of nitrogens with two attached hydrogens (primary N) is 1. The van der Waals surface area contributed by atoms with Crippen molar-refractivity contribution in [2.45, 2.75) is 37.5 Å². The normalized spacial score (nSPS) is 22.9. The van der Waals surface area contributed by atoms with E-state index in [0.29, 0.717) is 16.6 Å². The maximum absolute atomic E-state index is 12.0. The lowest BCUT2D eigenvalue weighted by molar-refractivity contribution is 0.0933. The van der Waals surface area contributed by atoms with Crippen molar-refractivity contribution in [3.63, 3.8) is 0 Å². The molecule has 0 saturated heterocycles. The minimum atomic E-state index is -0.0939. The summed E-state index contributed by atoms with van der Waals surface area (Å²) in [4.78, 5) is 16.1. The van der Waals surface area contributed by atoms with Crippen LogP contribution in [0.5, 0.6) is 0 Å². The highest BCUT2D eigenvalue weighted by Gasteiger charge is 2.28. The third kappa shape index (κ3) is 3.16. The zero-order valence-electron chi connectivity index (χ0n) is 10.6. The summed E-state index contributed by atoms with van der Waals surface area (Å²) in [6.07, 6.45) is 4.97. The summed E-state index contributed by atoms with van der Waals surface area (Å²) in [5.74, 6) is 1.00. The molecule has 1 aromatic rings. The molecule has 1 heterocycles. The van der Waals surface area contributed by atoms with Crippen molar-refractivity contribution < 1.29 is 4.79 Å². The van der Waals surface area contributed by atoms with Gasteiger partial charge in [-0.05, 0) is 30.7 Å². The van der Waals surface area contributed by atoms with Crippen molar-refractivity contribution in [3.05, 3.63) is 24.0 Å². The van der Waals surface area contributed by atoms with Crippen molar-refractivity contribution in [1.82, 2.24) is 10.3 Å². The van der Waals surface area contributed by atoms with Gasteiger partial charge < -0.3 is 11.1 Å². The van der Waals surface area contributed by atoms with E-state index in [2.05, 4.69) is 17.2 Å². The molecule has 4 nitrogen and oxygen atoms in total. The number of rotatable bonds is 4. The summed E-state index contributed by atoms with van der Waals surface area (Å²) in [7, 11) is 0. The summed E-state index contributed by atoms with van der Waals surface area (Å²) in [5, 5.41) is 3.64. The van der Waals surface area contributed by atoms with Gasteiger partial charge in [0, 0.05) is 11.3 Å². The molecular formula is C13H19N3OS. The van der Waals surface area contributed by atoms with Crippen LogP contribution in [0.3, 0.4) is 0 Å². The van der Waals surface area contributed by atoms with Crippen LogP contribution in [0.15, 0.2) is 18.3 Å². The number of pyridine rings is 1. The second-order valence-corrected chi connectivity index (χ2v) is 6.00. The van der Waals surface area contributed by atoms with E-state index in [1.54, 1.807) is 12.1 Å². The lowest BCUT2D eigenvalue weighted by atomic mass is 10.2. The van der Waals surface area contributed by atoms with Gasteiger partial charge >= 0.3 is 0 Å². The van der Waals surface area contributed by atoms with E-state index < -0.39 is 0 Å². The van der Waals surface area contributed by atoms with Gasteiger partial charge in [-0.2, -0.15) is 11.8 Å². The third-order valence-electron chi connectivity index (χ3n) is 3.17. The molecule has 0 bridgehead atoms. The number of hydrogen-bond donors (Lipinski definition) is 2. The van der Waals surface area contributed by atoms with Crippen molar-refractivity contribution in [2.24, 2.45) is 0 Å². The topological polar surface area (TPSA) is 68.0 Å². The maximum Gasteiger partial charge on any atom is 0.270 e. The van der Waals surface area contributed by atoms with Crippen LogP contribution in [0.25, 0.3) is 0 Å². The molecule has 1 aromatic heterocycles. The molecule has 1 amide bonds. The van der Waals surface area contributed by atoms with Crippen LogP contribution in [0.2, 0.25) is 0 Å². The fraction of sp³-hybridized carbons (Fsp3) is 0.538. The third-order valence-corrected chi connectivity index (χ3v) is 4.49. The molecule has 0 spiro atoms. The van der Waals surface area contributed by atoms with Gasteiger partial charge in [0.05, 0.1) is 11.9 Å². The van der Waals surface area contributed by atoms with Crippen LogP contribution < -0.4 is 11.1 Å². The smallest absolute Gasteiger partial charge is 0.270 e. The molecule has 1 fully saturated rings. The molecule has 2 rings (SSSR count). The molecule has 0 aliphatic heterocycles. The number of hydrogen-bond acceptors (Lipinski definition) is 4. The van der Waals surface area contributed by atoms with Gasteiger partial charge in [0.1, 0.15) is 5.69 Å². The Morgan fingerprint density at radius 1 is 1.56 bits per heavy atom. The minimum Gasteiger partial charge on any atom is -0.397 e. The van der Waals surface area contributed by atoms with Crippen LogP contribution in [0.1, 0.15) is 36.7 Å². The Morgan fingerprint density at radius 3 is 3.06 bits per heavy atom. The van der Waals surface area contributed by atoms with E-state index in [1.807, 2.05) is 11.8 Å². The minimum absolute atomic E-state index is 0.0939. The van der Waals surface area contributed by atoms with E-state index >= 15 is 0 Å². The van der Waals surface area contributed by atoms with Crippen LogP contribution in [-0.2, 0) is 0 Å². The lowest BCUT2D eigenvalue weighted by Gasteiger charge is -2.19. The Morgan fingerprint density at radius 2 is 2.39 bits per heavy atom. The molecule has 2 atom stereocenters. The van der Waals surface area contributed by atoms with Crippen molar-refractivity contribution >= 4 is 23.4 Å². The molecule has 0 radical (unpaired) electrons. The van der Waals surface area contributed by atoms with Gasteiger partial charge in [0.15, 0.2) is 0 Å². The van der Waals surface area contributed by atoms with E-state index in [1.165, 1.54) is 19.0 Å². The average molecular weight is 265 g/mol. The molecule has 18 heavy (non-hydrogen) atoms. The number of nitrogen functional groups attached to an aromatic ring is 1. The number of carbonyl (C=O) groups is 1. The number of carbonyl (C=O) groups excluding carboxylic acids is 1. The van der Waals surface area contributed by atoms with Gasteiger partial charge in [-0.1, -0.05) is 13.3 Å². The predicted molar refractivity (Wildman–Crippen MR) is 75.7 cm³/mol. The second kappa shape index (κ2) is 6.09. The highest BCUT2D eigenvalue weighted by molar-refractivity contribution is 7.99. The first-order valence-electron chi connectivity index (χ1n) is 6.34. The number of nitrogens with zero attached hydrogens (tertiary/aromatic N) is 1. The zero-order valence-corrected chi connectivity index (χ0v) is 11.4. The summed E-state index contributed by atoms with van der Waals surface area (Å²) in [5.41, 5.74) is 6.57. The fourth-order valence-electron chi connectivity index (χ4n) is 2.29. The molecule has 3 N–H and O–H groups in total. The summed E-state index contributed by atoms with van der Waals surface area (Å²) in [6, 6.07) is 3.65. The Labute approximate surface area is 112 Å². The van der Waals surface area contributed by atoms with Crippen LogP contribution in [0.4, 0.5) is 5.69 Å². The highest BCUT2D eigenvalue weighted by atomic mass is 32.2. The van der Waals surface area contributed by atoms with Crippen molar-refractivity contribution in [2.75, 3.05) is 11.5 Å². The van der Waals surface area contributed by atoms with Crippen molar-refractivity contribution in [3.8, 4) is 0 Å². The van der Waals surface area contributed by atoms with E-state index in [9.17, 15) is 4.79 Å². The summed E-state index contributed by atoms with van der Waals surface area (Å²) in [6.45, 7) is 2.16. The summed E-state index contributed by atoms with van der Waals surface area (Å²) < 4.78 is 0. The van der Waals surface area contributed by atoms with Gasteiger partial charge in [0.25, 0.3) is 5.91 Å². The van der Waals surface area contributed by atoms with Gasteiger partial charge in [-0.3, -0.25) is 4.79 Å². The van der Waals surface area contributed by atoms with E-state index in [4.69, 9.17) is 5.73 Å². The number of aromatic nitrogens is 1. The fourth-order valence-corrected chi connectivity index (χ4v) is 3.48. The first kappa shape index (κ1) is 13.2. The molecule has 5 heteroatoms. The average Bonchev–Trinajstić information content (AvgIpc) is 2.78. The van der Waals surface area contributed by atoms with Gasteiger partial charge in [-0.15, -0.1) is 0 Å². The predicted octanol–water partition coefficient (Wildman–Crippen LogP) is 2.07. The second-order valence-electron chi connectivity index (χ2n) is 4.48. The van der Waals surface area contributed by atoms with Crippen LogP contribution in [0, 0.1) is 0 Å². The monoisotopic (exact) mass is 265 g/mol. The summed E-state index contributed by atoms with van der Waals surface area (Å²) >= 11 is 1.93. The maximum atomic E-state index is 12.0. The number of thioether (sulfide) groups is 1. The Bertz CT molecular complexity index is 407. The van der Waals surface area contributed by atoms with Gasteiger partial charge in [0.2, 0.25) is 0 Å². The SMILES string of the molecule is CCSC1CCCC1NC(=O)c1ccc(N)cn1. The standard InChI is InChI=1S/C13H19N3OS/c1-2-18-12-5-3-4-10(12)16-13(17)11-7-6-9(14)8-15-11/h6-8,10,12H,2-5,14H2,1H3,(H,16,17). The van der Waals surface area contributed by atoms with Gasteiger partial charge in [-0.25, -0.2) is 4.98 Å². The van der Waals surface area contributed by atoms with Crippen LogP contribution in [-0.4, -0.2) is 27.9 Å². The molecule has 98 valence electrons. The number of amides is 1. The Kier molecular flexibility index (Phi) is 4.47.